The fourth-order valence-corrected chi connectivity index (χ4v) is 3.95. The number of rotatable bonds is 7. The number of halogens is 3. The van der Waals surface area contributed by atoms with Crippen LogP contribution in [-0.4, -0.2) is 30.7 Å². The molecule has 0 radical (unpaired) electrons. The average molecular weight is 343 g/mol. The largest absolute Gasteiger partial charge is 0.573 e. The van der Waals surface area contributed by atoms with E-state index < -0.39 is 6.36 Å². The Morgan fingerprint density at radius 1 is 1.29 bits per heavy atom. The lowest BCUT2D eigenvalue weighted by atomic mass is 9.54. The van der Waals surface area contributed by atoms with E-state index in [0.29, 0.717) is 24.4 Å². The summed E-state index contributed by atoms with van der Waals surface area (Å²) in [6.45, 7) is 0.691. The molecule has 134 valence electrons. The van der Waals surface area contributed by atoms with Gasteiger partial charge in [-0.15, -0.1) is 13.2 Å². The standard InChI is InChI=1S/C18H24F3NO2/c19-18(20,21)24-16-4-1-3-13(8-16)7-14(12-23)11-22-15-9-17(10-15)5-2-6-17/h1,3-4,8,14-15,22-23H,2,5-7,9-12H2. The van der Waals surface area contributed by atoms with Gasteiger partial charge in [-0.25, -0.2) is 0 Å². The molecule has 1 atom stereocenters. The molecule has 2 aliphatic rings. The second kappa shape index (κ2) is 6.92. The van der Waals surface area contributed by atoms with Crippen molar-refractivity contribution in [2.75, 3.05) is 13.2 Å². The first-order valence-electron chi connectivity index (χ1n) is 8.56. The van der Waals surface area contributed by atoms with Crippen molar-refractivity contribution in [3.8, 4) is 5.75 Å². The van der Waals surface area contributed by atoms with E-state index in [2.05, 4.69) is 10.1 Å². The summed E-state index contributed by atoms with van der Waals surface area (Å²) in [7, 11) is 0. The van der Waals surface area contributed by atoms with Gasteiger partial charge in [0, 0.05) is 19.2 Å². The van der Waals surface area contributed by atoms with Gasteiger partial charge in [0.15, 0.2) is 0 Å². The van der Waals surface area contributed by atoms with E-state index in [0.717, 1.165) is 5.56 Å². The highest BCUT2D eigenvalue weighted by atomic mass is 19.4. The van der Waals surface area contributed by atoms with Crippen molar-refractivity contribution in [1.29, 1.82) is 0 Å². The lowest BCUT2D eigenvalue weighted by Crippen LogP contribution is -2.53. The third-order valence-electron chi connectivity index (χ3n) is 5.38. The summed E-state index contributed by atoms with van der Waals surface area (Å²) in [5.41, 5.74) is 1.34. The fraction of sp³-hybridized carbons (Fsp3) is 0.667. The van der Waals surface area contributed by atoms with Gasteiger partial charge in [0.25, 0.3) is 0 Å². The van der Waals surface area contributed by atoms with Crippen LogP contribution in [0.4, 0.5) is 13.2 Å². The Hall–Kier alpha value is -1.27. The summed E-state index contributed by atoms with van der Waals surface area (Å²) < 4.78 is 40.8. The summed E-state index contributed by atoms with van der Waals surface area (Å²) in [6, 6.07) is 6.51. The van der Waals surface area contributed by atoms with E-state index in [4.69, 9.17) is 0 Å². The van der Waals surface area contributed by atoms with Crippen LogP contribution in [0.15, 0.2) is 24.3 Å². The van der Waals surface area contributed by atoms with Gasteiger partial charge in [-0.05, 0) is 61.1 Å². The number of aliphatic hydroxyl groups is 1. The zero-order valence-electron chi connectivity index (χ0n) is 13.6. The Kier molecular flexibility index (Phi) is 5.06. The molecule has 24 heavy (non-hydrogen) atoms. The molecule has 1 aromatic rings. The molecule has 2 saturated carbocycles. The van der Waals surface area contributed by atoms with Gasteiger partial charge in [0.05, 0.1) is 0 Å². The van der Waals surface area contributed by atoms with Crippen LogP contribution in [0.1, 0.15) is 37.7 Å². The van der Waals surface area contributed by atoms with Gasteiger partial charge < -0.3 is 15.2 Å². The van der Waals surface area contributed by atoms with Crippen LogP contribution in [0.5, 0.6) is 5.75 Å². The number of ether oxygens (including phenoxy) is 1. The molecule has 0 saturated heterocycles. The Balaban J connectivity index is 1.47. The number of nitrogens with one attached hydrogen (secondary N) is 1. The first-order chi connectivity index (χ1) is 11.4. The highest BCUT2D eigenvalue weighted by molar-refractivity contribution is 5.29. The van der Waals surface area contributed by atoms with Gasteiger partial charge in [0.2, 0.25) is 0 Å². The number of hydrogen-bond donors (Lipinski definition) is 2. The van der Waals surface area contributed by atoms with Crippen LogP contribution < -0.4 is 10.1 Å². The minimum atomic E-state index is -4.68. The SMILES string of the molecule is OCC(CNC1CC2(CCC2)C1)Cc1cccc(OC(F)(F)F)c1. The summed E-state index contributed by atoms with van der Waals surface area (Å²) in [6.07, 6.45) is 2.33. The quantitative estimate of drug-likeness (QED) is 0.794. The zero-order chi connectivity index (χ0) is 17.2. The summed E-state index contributed by atoms with van der Waals surface area (Å²) in [4.78, 5) is 0. The molecule has 1 aromatic carbocycles. The molecule has 3 nitrogen and oxygen atoms in total. The summed E-state index contributed by atoms with van der Waals surface area (Å²) in [5, 5.41) is 13.1. The van der Waals surface area contributed by atoms with E-state index in [1.807, 2.05) is 0 Å². The predicted molar refractivity (Wildman–Crippen MR) is 84.7 cm³/mol. The zero-order valence-corrected chi connectivity index (χ0v) is 13.6. The van der Waals surface area contributed by atoms with Crippen LogP contribution in [0, 0.1) is 11.3 Å². The monoisotopic (exact) mass is 343 g/mol. The average Bonchev–Trinajstić information content (AvgIpc) is 2.41. The number of benzene rings is 1. The Morgan fingerprint density at radius 3 is 2.62 bits per heavy atom. The second-order valence-corrected chi connectivity index (χ2v) is 7.31. The molecule has 2 N–H and O–H groups in total. The van der Waals surface area contributed by atoms with E-state index in [1.165, 1.54) is 44.2 Å². The van der Waals surface area contributed by atoms with Crippen molar-refractivity contribution >= 4 is 0 Å². The van der Waals surface area contributed by atoms with Crippen molar-refractivity contribution in [2.45, 2.75) is 50.9 Å². The molecular formula is C18H24F3NO2. The molecule has 2 fully saturated rings. The maximum Gasteiger partial charge on any atom is 0.573 e. The molecule has 6 heteroatoms. The van der Waals surface area contributed by atoms with E-state index >= 15 is 0 Å². The smallest absolute Gasteiger partial charge is 0.406 e. The number of hydrogen-bond acceptors (Lipinski definition) is 3. The summed E-state index contributed by atoms with van der Waals surface area (Å²) >= 11 is 0. The Morgan fingerprint density at radius 2 is 2.04 bits per heavy atom. The number of aliphatic hydroxyl groups excluding tert-OH is 1. The topological polar surface area (TPSA) is 41.5 Å². The second-order valence-electron chi connectivity index (χ2n) is 7.31. The van der Waals surface area contributed by atoms with Crippen LogP contribution in [0.3, 0.4) is 0 Å². The molecule has 0 heterocycles. The van der Waals surface area contributed by atoms with Crippen molar-refractivity contribution in [2.24, 2.45) is 11.3 Å². The van der Waals surface area contributed by atoms with Crippen LogP contribution in [0.25, 0.3) is 0 Å². The van der Waals surface area contributed by atoms with Crippen LogP contribution in [0.2, 0.25) is 0 Å². The first-order valence-corrected chi connectivity index (χ1v) is 8.56. The highest BCUT2D eigenvalue weighted by Gasteiger charge is 2.47. The van der Waals surface area contributed by atoms with Crippen molar-refractivity contribution in [3.05, 3.63) is 29.8 Å². The summed E-state index contributed by atoms with van der Waals surface area (Å²) in [5.74, 6) is -0.223. The van der Waals surface area contributed by atoms with Gasteiger partial charge >= 0.3 is 6.36 Å². The third-order valence-corrected chi connectivity index (χ3v) is 5.38. The van der Waals surface area contributed by atoms with E-state index in [-0.39, 0.29) is 18.3 Å². The molecule has 0 aliphatic heterocycles. The first kappa shape index (κ1) is 17.5. The van der Waals surface area contributed by atoms with Crippen molar-refractivity contribution in [3.63, 3.8) is 0 Å². The van der Waals surface area contributed by atoms with Crippen molar-refractivity contribution in [1.82, 2.24) is 5.32 Å². The third kappa shape index (κ3) is 4.42. The maximum absolute atomic E-state index is 12.3. The molecule has 3 rings (SSSR count). The molecule has 0 aromatic heterocycles. The Labute approximate surface area is 140 Å². The minimum absolute atomic E-state index is 0.00915. The molecule has 2 aliphatic carbocycles. The van der Waals surface area contributed by atoms with E-state index in [1.54, 1.807) is 12.1 Å². The normalized spacial score (nSPS) is 21.2. The molecular weight excluding hydrogens is 319 g/mol. The molecule has 1 spiro atoms. The number of alkyl halides is 3. The fourth-order valence-electron chi connectivity index (χ4n) is 3.95. The maximum atomic E-state index is 12.3. The minimum Gasteiger partial charge on any atom is -0.406 e. The van der Waals surface area contributed by atoms with Gasteiger partial charge in [-0.2, -0.15) is 0 Å². The molecule has 0 bridgehead atoms. The van der Waals surface area contributed by atoms with Gasteiger partial charge in [-0.1, -0.05) is 18.6 Å². The van der Waals surface area contributed by atoms with Gasteiger partial charge in [0.1, 0.15) is 5.75 Å². The van der Waals surface area contributed by atoms with Crippen LogP contribution >= 0.6 is 0 Å². The van der Waals surface area contributed by atoms with Crippen LogP contribution in [-0.2, 0) is 6.42 Å². The Bertz CT molecular complexity index is 549. The lowest BCUT2D eigenvalue weighted by Gasteiger charge is -2.54. The molecule has 1 unspecified atom stereocenters. The highest BCUT2D eigenvalue weighted by Crippen LogP contribution is 2.55. The predicted octanol–water partition coefficient (Wildman–Crippen LogP) is 3.66. The van der Waals surface area contributed by atoms with Crippen molar-refractivity contribution < 1.29 is 23.0 Å². The molecule has 0 amide bonds. The van der Waals surface area contributed by atoms with E-state index in [9.17, 15) is 18.3 Å². The lowest BCUT2D eigenvalue weighted by molar-refractivity contribution is -0.274. The van der Waals surface area contributed by atoms with Gasteiger partial charge in [-0.3, -0.25) is 0 Å².